The first-order valence-corrected chi connectivity index (χ1v) is 10.2. The molecule has 1 saturated heterocycles. The summed E-state index contributed by atoms with van der Waals surface area (Å²) in [5.41, 5.74) is 1.22. The largest absolute Gasteiger partial charge is 0.506 e. The van der Waals surface area contributed by atoms with Gasteiger partial charge in [-0.15, -0.1) is 0 Å². The van der Waals surface area contributed by atoms with E-state index >= 15 is 0 Å². The molecule has 6 nitrogen and oxygen atoms in total. The number of amides is 2. The molecule has 1 heterocycles. The Labute approximate surface area is 178 Å². The molecular weight excluding hydrogens is 408 g/mol. The molecule has 3 rings (SSSR count). The lowest BCUT2D eigenvalue weighted by atomic mass is 10.2. The number of para-hydroxylation sites is 2. The number of phenols is 1. The summed E-state index contributed by atoms with van der Waals surface area (Å²) in [5.74, 6) is 0.331. The standard InChI is InChI=1S/C21H20N2O4S2/c1-27-15-7-4-6-14(12-15)13-18-20(26)23(21(28)29-18)11-5-10-19(25)22-16-8-2-3-9-17(16)24/h2-4,6-9,12-13,24H,5,10-11H2,1H3,(H,22,25). The van der Waals surface area contributed by atoms with Crippen LogP contribution in [0.1, 0.15) is 18.4 Å². The lowest BCUT2D eigenvalue weighted by Gasteiger charge is -2.14. The number of nitrogens with one attached hydrogen (secondary N) is 1. The van der Waals surface area contributed by atoms with Crippen LogP contribution < -0.4 is 10.1 Å². The Kier molecular flexibility index (Phi) is 6.90. The van der Waals surface area contributed by atoms with Crippen molar-refractivity contribution in [3.05, 3.63) is 59.0 Å². The van der Waals surface area contributed by atoms with Gasteiger partial charge in [-0.25, -0.2) is 0 Å². The van der Waals surface area contributed by atoms with Crippen molar-refractivity contribution >= 4 is 51.9 Å². The van der Waals surface area contributed by atoms with Gasteiger partial charge in [-0.2, -0.15) is 0 Å². The van der Waals surface area contributed by atoms with Gasteiger partial charge in [-0.3, -0.25) is 14.5 Å². The molecule has 0 atom stereocenters. The number of thiocarbonyl (C=S) groups is 1. The molecule has 29 heavy (non-hydrogen) atoms. The van der Waals surface area contributed by atoms with E-state index in [2.05, 4.69) is 5.32 Å². The van der Waals surface area contributed by atoms with E-state index in [1.165, 1.54) is 22.7 Å². The number of hydrogen-bond acceptors (Lipinski definition) is 6. The van der Waals surface area contributed by atoms with Crippen molar-refractivity contribution in [3.63, 3.8) is 0 Å². The maximum Gasteiger partial charge on any atom is 0.266 e. The van der Waals surface area contributed by atoms with Crippen molar-refractivity contribution in [2.75, 3.05) is 19.0 Å². The van der Waals surface area contributed by atoms with Crippen molar-refractivity contribution in [3.8, 4) is 11.5 Å². The minimum absolute atomic E-state index is 0.0143. The highest BCUT2D eigenvalue weighted by atomic mass is 32.2. The number of thioether (sulfide) groups is 1. The summed E-state index contributed by atoms with van der Waals surface area (Å²) in [4.78, 5) is 26.8. The highest BCUT2D eigenvalue weighted by Crippen LogP contribution is 2.33. The van der Waals surface area contributed by atoms with Gasteiger partial charge in [0.15, 0.2) is 0 Å². The van der Waals surface area contributed by atoms with Gasteiger partial charge in [-0.05, 0) is 42.3 Å². The summed E-state index contributed by atoms with van der Waals surface area (Å²) in [6.45, 7) is 0.355. The third-order valence-electron chi connectivity index (χ3n) is 4.23. The molecule has 0 unspecified atom stereocenters. The maximum absolute atomic E-state index is 12.7. The predicted molar refractivity (Wildman–Crippen MR) is 119 cm³/mol. The van der Waals surface area contributed by atoms with Crippen molar-refractivity contribution in [2.24, 2.45) is 0 Å². The van der Waals surface area contributed by atoms with E-state index in [1.807, 2.05) is 24.3 Å². The second kappa shape index (κ2) is 9.58. The van der Waals surface area contributed by atoms with Crippen LogP contribution in [0, 0.1) is 0 Å². The van der Waals surface area contributed by atoms with E-state index < -0.39 is 0 Å². The minimum atomic E-state index is -0.233. The molecule has 0 bridgehead atoms. The van der Waals surface area contributed by atoms with Crippen LogP contribution in [0.25, 0.3) is 6.08 Å². The van der Waals surface area contributed by atoms with Gasteiger partial charge >= 0.3 is 0 Å². The van der Waals surface area contributed by atoms with Crippen LogP contribution in [0.2, 0.25) is 0 Å². The molecule has 1 fully saturated rings. The van der Waals surface area contributed by atoms with Gasteiger partial charge in [0.05, 0.1) is 17.7 Å². The zero-order valence-electron chi connectivity index (χ0n) is 15.8. The minimum Gasteiger partial charge on any atom is -0.506 e. The molecule has 2 amide bonds. The number of aromatic hydroxyl groups is 1. The summed E-state index contributed by atoms with van der Waals surface area (Å²) in [6.07, 6.45) is 2.45. The molecular formula is C21H20N2O4S2. The summed E-state index contributed by atoms with van der Waals surface area (Å²) in [7, 11) is 1.59. The van der Waals surface area contributed by atoms with E-state index in [-0.39, 0.29) is 24.0 Å². The zero-order chi connectivity index (χ0) is 20.8. The summed E-state index contributed by atoms with van der Waals surface area (Å²) in [5, 5.41) is 12.4. The fraction of sp³-hybridized carbons (Fsp3) is 0.190. The normalized spacial score (nSPS) is 15.1. The molecule has 0 aromatic heterocycles. The van der Waals surface area contributed by atoms with Crippen LogP contribution >= 0.6 is 24.0 Å². The maximum atomic E-state index is 12.7. The highest BCUT2D eigenvalue weighted by molar-refractivity contribution is 8.26. The van der Waals surface area contributed by atoms with E-state index in [9.17, 15) is 14.7 Å². The van der Waals surface area contributed by atoms with Crippen LogP contribution in [-0.4, -0.2) is 39.8 Å². The van der Waals surface area contributed by atoms with Crippen molar-refractivity contribution in [2.45, 2.75) is 12.8 Å². The van der Waals surface area contributed by atoms with Crippen molar-refractivity contribution in [1.82, 2.24) is 4.90 Å². The van der Waals surface area contributed by atoms with Gasteiger partial charge in [0, 0.05) is 13.0 Å². The first-order chi connectivity index (χ1) is 14.0. The number of phenolic OH excluding ortho intramolecular Hbond substituents is 1. The number of hydrogen-bond donors (Lipinski definition) is 2. The van der Waals surface area contributed by atoms with Crippen LogP contribution in [-0.2, 0) is 9.59 Å². The number of carbonyl (C=O) groups excluding carboxylic acids is 2. The topological polar surface area (TPSA) is 78.9 Å². The fourth-order valence-electron chi connectivity index (χ4n) is 2.77. The molecule has 1 aliphatic rings. The average molecular weight is 429 g/mol. The number of methoxy groups -OCH3 is 1. The summed E-state index contributed by atoms with van der Waals surface area (Å²) in [6, 6.07) is 14.0. The monoisotopic (exact) mass is 428 g/mol. The number of rotatable bonds is 7. The second-order valence-electron chi connectivity index (χ2n) is 6.28. The molecule has 8 heteroatoms. The number of ether oxygens (including phenoxy) is 1. The molecule has 2 aromatic rings. The van der Waals surface area contributed by atoms with E-state index in [0.29, 0.717) is 33.6 Å². The first-order valence-electron chi connectivity index (χ1n) is 8.95. The number of benzene rings is 2. The molecule has 1 aliphatic heterocycles. The molecule has 2 N–H and O–H groups in total. The lowest BCUT2D eigenvalue weighted by Crippen LogP contribution is -2.29. The summed E-state index contributed by atoms with van der Waals surface area (Å²) >= 11 is 6.58. The quantitative estimate of drug-likeness (QED) is 0.394. The molecule has 0 saturated carbocycles. The third-order valence-corrected chi connectivity index (χ3v) is 5.61. The van der Waals surface area contributed by atoms with E-state index in [4.69, 9.17) is 17.0 Å². The molecule has 0 spiro atoms. The summed E-state index contributed by atoms with van der Waals surface area (Å²) < 4.78 is 5.68. The average Bonchev–Trinajstić information content (AvgIpc) is 2.97. The van der Waals surface area contributed by atoms with Crippen molar-refractivity contribution < 1.29 is 19.4 Å². The molecule has 2 aromatic carbocycles. The van der Waals surface area contributed by atoms with E-state index in [1.54, 1.807) is 31.4 Å². The van der Waals surface area contributed by atoms with Crippen LogP contribution in [0.5, 0.6) is 11.5 Å². The Morgan fingerprint density at radius 1 is 1.28 bits per heavy atom. The lowest BCUT2D eigenvalue weighted by molar-refractivity contribution is -0.122. The zero-order valence-corrected chi connectivity index (χ0v) is 17.4. The SMILES string of the molecule is COc1cccc(C=C2SC(=S)N(CCCC(=O)Nc3ccccc3O)C2=O)c1. The Morgan fingerprint density at radius 3 is 2.83 bits per heavy atom. The third kappa shape index (κ3) is 5.36. The van der Waals surface area contributed by atoms with E-state index in [0.717, 1.165) is 5.56 Å². The molecule has 150 valence electrons. The fourth-order valence-corrected chi connectivity index (χ4v) is 4.07. The first kappa shape index (κ1) is 20.9. The smallest absolute Gasteiger partial charge is 0.266 e. The molecule has 0 aliphatic carbocycles. The van der Waals surface area contributed by atoms with Gasteiger partial charge in [0.25, 0.3) is 5.91 Å². The predicted octanol–water partition coefficient (Wildman–Crippen LogP) is 4.02. The number of carbonyl (C=O) groups is 2. The van der Waals surface area contributed by atoms with Gasteiger partial charge in [0.1, 0.15) is 15.8 Å². The van der Waals surface area contributed by atoms with Crippen LogP contribution in [0.4, 0.5) is 5.69 Å². The Morgan fingerprint density at radius 2 is 2.07 bits per heavy atom. The van der Waals surface area contributed by atoms with Gasteiger partial charge in [0.2, 0.25) is 5.91 Å². The number of nitrogens with zero attached hydrogens (tertiary/aromatic N) is 1. The Bertz CT molecular complexity index is 975. The second-order valence-corrected chi connectivity index (χ2v) is 7.95. The van der Waals surface area contributed by atoms with Gasteiger partial charge in [-0.1, -0.05) is 48.2 Å². The van der Waals surface area contributed by atoms with Crippen LogP contribution in [0.3, 0.4) is 0 Å². The molecule has 0 radical (unpaired) electrons. The van der Waals surface area contributed by atoms with Gasteiger partial charge < -0.3 is 15.2 Å². The van der Waals surface area contributed by atoms with Crippen LogP contribution in [0.15, 0.2) is 53.4 Å². The Balaban J connectivity index is 1.55. The Hall–Kier alpha value is -2.84. The number of anilines is 1. The van der Waals surface area contributed by atoms with Crippen molar-refractivity contribution in [1.29, 1.82) is 0 Å². The highest BCUT2D eigenvalue weighted by Gasteiger charge is 2.31.